The monoisotopic (exact) mass is 279 g/mol. The number of nitrogens with zero attached hydrogens (tertiary/aromatic N) is 1. The second-order valence-electron chi connectivity index (χ2n) is 4.98. The van der Waals surface area contributed by atoms with Crippen molar-refractivity contribution in [3.8, 4) is 0 Å². The molecule has 0 aliphatic heterocycles. The summed E-state index contributed by atoms with van der Waals surface area (Å²) < 4.78 is 0. The highest BCUT2D eigenvalue weighted by atomic mass is 32.1. The molecule has 1 aromatic rings. The fraction of sp³-hybridized carbons (Fsp3) is 0.429. The summed E-state index contributed by atoms with van der Waals surface area (Å²) in [7, 11) is 0. The van der Waals surface area contributed by atoms with Gasteiger partial charge in [-0.2, -0.15) is 0 Å². The number of amides is 1. The molecule has 19 heavy (non-hydrogen) atoms. The summed E-state index contributed by atoms with van der Waals surface area (Å²) in [6, 6.07) is 0. The topological polar surface area (TPSA) is 68.0 Å². The van der Waals surface area contributed by atoms with Gasteiger partial charge in [0.1, 0.15) is 4.88 Å². The largest absolute Gasteiger partial charge is 0.375 e. The highest BCUT2D eigenvalue weighted by Crippen LogP contribution is 2.22. The van der Waals surface area contributed by atoms with Crippen molar-refractivity contribution in [3.63, 3.8) is 0 Å². The van der Waals surface area contributed by atoms with Gasteiger partial charge < -0.3 is 11.1 Å². The van der Waals surface area contributed by atoms with Crippen LogP contribution in [0, 0.1) is 12.8 Å². The Labute approximate surface area is 118 Å². The Morgan fingerprint density at radius 1 is 1.42 bits per heavy atom. The summed E-state index contributed by atoms with van der Waals surface area (Å²) in [6.07, 6.45) is 0. The first-order chi connectivity index (χ1) is 8.73. The van der Waals surface area contributed by atoms with Crippen molar-refractivity contribution in [2.45, 2.75) is 34.6 Å². The molecule has 0 aliphatic carbocycles. The summed E-state index contributed by atoms with van der Waals surface area (Å²) >= 11 is 1.20. The molecule has 0 bridgehead atoms. The van der Waals surface area contributed by atoms with Crippen LogP contribution in [0.1, 0.15) is 43.1 Å². The summed E-state index contributed by atoms with van der Waals surface area (Å²) in [5, 5.41) is 3.33. The molecule has 0 unspecified atom stereocenters. The van der Waals surface area contributed by atoms with Gasteiger partial charge in [0.05, 0.1) is 5.69 Å². The van der Waals surface area contributed by atoms with Crippen molar-refractivity contribution in [1.82, 2.24) is 10.3 Å². The first-order valence-electron chi connectivity index (χ1n) is 6.15. The van der Waals surface area contributed by atoms with Crippen molar-refractivity contribution in [1.29, 1.82) is 0 Å². The zero-order valence-electron chi connectivity index (χ0n) is 12.1. The van der Waals surface area contributed by atoms with Gasteiger partial charge in [-0.1, -0.05) is 37.3 Å². The number of carbonyl (C=O) groups excluding carboxylic acids is 1. The van der Waals surface area contributed by atoms with Gasteiger partial charge in [0.15, 0.2) is 5.13 Å². The average molecular weight is 279 g/mol. The number of nitrogen functional groups attached to an aromatic ring is 1. The van der Waals surface area contributed by atoms with Crippen LogP contribution < -0.4 is 11.1 Å². The number of rotatable bonds is 4. The van der Waals surface area contributed by atoms with E-state index in [1.54, 1.807) is 6.92 Å². The maximum absolute atomic E-state index is 12.2. The third-order valence-corrected chi connectivity index (χ3v) is 3.76. The van der Waals surface area contributed by atoms with Crippen LogP contribution in [0.4, 0.5) is 5.13 Å². The van der Waals surface area contributed by atoms with Crippen molar-refractivity contribution >= 4 is 22.4 Å². The van der Waals surface area contributed by atoms with E-state index in [1.165, 1.54) is 11.3 Å². The first-order valence-corrected chi connectivity index (χ1v) is 6.96. The number of anilines is 1. The lowest BCUT2D eigenvalue weighted by molar-refractivity contribution is 0.0969. The molecule has 4 nitrogen and oxygen atoms in total. The van der Waals surface area contributed by atoms with Gasteiger partial charge in [0, 0.05) is 5.70 Å². The van der Waals surface area contributed by atoms with Gasteiger partial charge in [-0.05, 0) is 32.3 Å². The minimum absolute atomic E-state index is 0.176. The summed E-state index contributed by atoms with van der Waals surface area (Å²) in [5.74, 6) is 0.0996. The van der Waals surface area contributed by atoms with E-state index in [2.05, 4.69) is 16.9 Å². The van der Waals surface area contributed by atoms with Crippen LogP contribution in [0.15, 0.2) is 23.4 Å². The molecule has 0 fully saturated rings. The molecule has 0 saturated carbocycles. The van der Waals surface area contributed by atoms with E-state index in [-0.39, 0.29) is 11.8 Å². The number of aromatic nitrogens is 1. The SMILES string of the molecule is C=C(C(NC(=O)c1sc(N)nc1C)=C(C)C)C(C)C. The number of hydrogen-bond donors (Lipinski definition) is 2. The highest BCUT2D eigenvalue weighted by Gasteiger charge is 2.18. The molecule has 0 aromatic carbocycles. The third-order valence-electron chi connectivity index (χ3n) is 2.78. The van der Waals surface area contributed by atoms with E-state index in [0.717, 1.165) is 16.8 Å². The standard InChI is InChI=1S/C14H21N3OS/c1-7(2)9(5)11(8(3)4)17-13(18)12-10(6)16-14(15)19-12/h7H,5H2,1-4,6H3,(H2,15,16)(H,17,18). The Kier molecular flexibility index (Phi) is 4.89. The fourth-order valence-corrected chi connectivity index (χ4v) is 2.34. The maximum Gasteiger partial charge on any atom is 0.267 e. The second-order valence-corrected chi connectivity index (χ2v) is 6.01. The fourth-order valence-electron chi connectivity index (χ4n) is 1.61. The number of thiazole rings is 1. The number of nitrogens with one attached hydrogen (secondary N) is 1. The van der Waals surface area contributed by atoms with E-state index in [1.807, 2.05) is 27.7 Å². The number of allylic oxidation sites excluding steroid dienone is 2. The molecule has 1 aromatic heterocycles. The lowest BCUT2D eigenvalue weighted by atomic mass is 9.99. The van der Waals surface area contributed by atoms with Crippen molar-refractivity contribution in [2.24, 2.45) is 5.92 Å². The smallest absolute Gasteiger partial charge is 0.267 e. The van der Waals surface area contributed by atoms with Crippen molar-refractivity contribution < 1.29 is 4.79 Å². The van der Waals surface area contributed by atoms with E-state index in [4.69, 9.17) is 5.73 Å². The predicted octanol–water partition coefficient (Wildman–Crippen LogP) is 3.27. The van der Waals surface area contributed by atoms with Crippen LogP contribution in [0.25, 0.3) is 0 Å². The molecular weight excluding hydrogens is 258 g/mol. The van der Waals surface area contributed by atoms with Gasteiger partial charge in [0.2, 0.25) is 0 Å². The van der Waals surface area contributed by atoms with E-state index >= 15 is 0 Å². The van der Waals surface area contributed by atoms with Crippen LogP contribution in [0.3, 0.4) is 0 Å². The molecule has 104 valence electrons. The Morgan fingerprint density at radius 3 is 2.37 bits per heavy atom. The van der Waals surface area contributed by atoms with Gasteiger partial charge in [-0.25, -0.2) is 4.98 Å². The van der Waals surface area contributed by atoms with Crippen LogP contribution in [-0.2, 0) is 0 Å². The second kappa shape index (κ2) is 6.02. The summed E-state index contributed by atoms with van der Waals surface area (Å²) in [4.78, 5) is 16.9. The van der Waals surface area contributed by atoms with Crippen LogP contribution in [0.5, 0.6) is 0 Å². The molecule has 0 atom stereocenters. The van der Waals surface area contributed by atoms with Gasteiger partial charge in [-0.3, -0.25) is 4.79 Å². The summed E-state index contributed by atoms with van der Waals surface area (Å²) in [5.41, 5.74) is 9.02. The molecular formula is C14H21N3OS. The number of aryl methyl sites for hydroxylation is 1. The minimum atomic E-state index is -0.176. The number of hydrogen-bond acceptors (Lipinski definition) is 4. The Hall–Kier alpha value is -1.62. The maximum atomic E-state index is 12.2. The molecule has 0 aliphatic rings. The molecule has 0 radical (unpaired) electrons. The van der Waals surface area contributed by atoms with Gasteiger partial charge >= 0.3 is 0 Å². The van der Waals surface area contributed by atoms with Gasteiger partial charge in [0.25, 0.3) is 5.91 Å². The van der Waals surface area contributed by atoms with Crippen LogP contribution in [0.2, 0.25) is 0 Å². The highest BCUT2D eigenvalue weighted by molar-refractivity contribution is 7.17. The van der Waals surface area contributed by atoms with E-state index in [9.17, 15) is 4.79 Å². The molecule has 3 N–H and O–H groups in total. The Balaban J connectivity index is 3.00. The summed E-state index contributed by atoms with van der Waals surface area (Å²) in [6.45, 7) is 13.8. The zero-order valence-corrected chi connectivity index (χ0v) is 12.9. The molecule has 0 spiro atoms. The molecule has 5 heteroatoms. The Bertz CT molecular complexity index is 537. The van der Waals surface area contributed by atoms with Gasteiger partial charge in [-0.15, -0.1) is 0 Å². The van der Waals surface area contributed by atoms with Crippen molar-refractivity contribution in [3.05, 3.63) is 34.0 Å². The quantitative estimate of drug-likeness (QED) is 0.831. The molecule has 1 heterocycles. The number of nitrogens with two attached hydrogens (primary N) is 1. The minimum Gasteiger partial charge on any atom is -0.375 e. The predicted molar refractivity (Wildman–Crippen MR) is 81.1 cm³/mol. The number of carbonyl (C=O) groups is 1. The van der Waals surface area contributed by atoms with E-state index in [0.29, 0.717) is 15.7 Å². The lowest BCUT2D eigenvalue weighted by Gasteiger charge is -2.17. The zero-order chi connectivity index (χ0) is 14.7. The lowest BCUT2D eigenvalue weighted by Crippen LogP contribution is -2.25. The van der Waals surface area contributed by atoms with Crippen LogP contribution >= 0.6 is 11.3 Å². The van der Waals surface area contributed by atoms with Crippen molar-refractivity contribution in [2.75, 3.05) is 5.73 Å². The van der Waals surface area contributed by atoms with E-state index < -0.39 is 0 Å². The normalized spacial score (nSPS) is 10.4. The molecule has 0 saturated heterocycles. The average Bonchev–Trinajstić information content (AvgIpc) is 2.63. The third kappa shape index (κ3) is 3.67. The first kappa shape index (κ1) is 15.4. The molecule has 1 amide bonds. The van der Waals surface area contributed by atoms with Crippen LogP contribution in [-0.4, -0.2) is 10.9 Å². The molecule has 1 rings (SSSR count). The Morgan fingerprint density at radius 2 is 2.00 bits per heavy atom.